The van der Waals surface area contributed by atoms with Crippen molar-refractivity contribution in [3.05, 3.63) is 0 Å². The first-order chi connectivity index (χ1) is 9.01. The molecule has 1 rings (SSSR count). The molecule has 0 bridgehead atoms. The zero-order chi connectivity index (χ0) is 14.4. The minimum Gasteiger partial charge on any atom is -0.480 e. The van der Waals surface area contributed by atoms with E-state index in [-0.39, 0.29) is 12.6 Å². The van der Waals surface area contributed by atoms with Gasteiger partial charge in [0.05, 0.1) is 0 Å². The molecule has 2 amide bonds. The Hall–Kier alpha value is -1.30. The van der Waals surface area contributed by atoms with Gasteiger partial charge in [0.1, 0.15) is 6.04 Å². The molecule has 1 fully saturated rings. The Morgan fingerprint density at radius 2 is 2.11 bits per heavy atom. The van der Waals surface area contributed by atoms with E-state index in [2.05, 4.69) is 0 Å². The third-order valence-corrected chi connectivity index (χ3v) is 3.63. The number of rotatable bonds is 5. The van der Waals surface area contributed by atoms with Crippen LogP contribution >= 0.6 is 0 Å². The number of carbonyl (C=O) groups excluding carboxylic acids is 1. The standard InChI is InChI=1S/C13H24N2O4/c1-3-14(6-4-8-16)13(19)15-7-5-10(2)9-11(15)12(17)18/h10-11,16H,3-9H2,1-2H3,(H,17,18). The Morgan fingerprint density at radius 1 is 1.42 bits per heavy atom. The zero-order valence-corrected chi connectivity index (χ0v) is 11.7. The molecule has 6 nitrogen and oxygen atoms in total. The predicted molar refractivity (Wildman–Crippen MR) is 70.9 cm³/mol. The molecule has 0 aromatic carbocycles. The highest BCUT2D eigenvalue weighted by Crippen LogP contribution is 2.23. The minimum absolute atomic E-state index is 0.0309. The van der Waals surface area contributed by atoms with Crippen molar-refractivity contribution in [2.24, 2.45) is 5.92 Å². The molecule has 1 saturated heterocycles. The van der Waals surface area contributed by atoms with Gasteiger partial charge in [-0.15, -0.1) is 0 Å². The van der Waals surface area contributed by atoms with Crippen molar-refractivity contribution in [1.29, 1.82) is 0 Å². The average Bonchev–Trinajstić information content (AvgIpc) is 2.39. The second kappa shape index (κ2) is 7.33. The van der Waals surface area contributed by atoms with Gasteiger partial charge in [-0.1, -0.05) is 6.92 Å². The summed E-state index contributed by atoms with van der Waals surface area (Å²) in [6.45, 7) is 5.38. The molecule has 1 aliphatic rings. The van der Waals surface area contributed by atoms with E-state index >= 15 is 0 Å². The number of likely N-dealkylation sites (tertiary alicyclic amines) is 1. The lowest BCUT2D eigenvalue weighted by atomic mass is 9.92. The Balaban J connectivity index is 2.73. The maximum Gasteiger partial charge on any atom is 0.326 e. The highest BCUT2D eigenvalue weighted by Gasteiger charge is 2.36. The van der Waals surface area contributed by atoms with Crippen LogP contribution < -0.4 is 0 Å². The van der Waals surface area contributed by atoms with Gasteiger partial charge in [-0.2, -0.15) is 0 Å². The number of urea groups is 1. The summed E-state index contributed by atoms with van der Waals surface area (Å²) >= 11 is 0. The number of aliphatic hydroxyl groups excluding tert-OH is 1. The molecule has 2 atom stereocenters. The van der Waals surface area contributed by atoms with Crippen LogP contribution in [0.4, 0.5) is 4.79 Å². The van der Waals surface area contributed by atoms with E-state index in [1.807, 2.05) is 13.8 Å². The monoisotopic (exact) mass is 272 g/mol. The molecule has 19 heavy (non-hydrogen) atoms. The van der Waals surface area contributed by atoms with E-state index in [0.717, 1.165) is 6.42 Å². The van der Waals surface area contributed by atoms with Crippen molar-refractivity contribution >= 4 is 12.0 Å². The van der Waals surface area contributed by atoms with Crippen molar-refractivity contribution < 1.29 is 19.8 Å². The number of hydrogen-bond donors (Lipinski definition) is 2. The molecule has 0 saturated carbocycles. The van der Waals surface area contributed by atoms with E-state index < -0.39 is 12.0 Å². The smallest absolute Gasteiger partial charge is 0.326 e. The zero-order valence-electron chi connectivity index (χ0n) is 11.7. The summed E-state index contributed by atoms with van der Waals surface area (Å²) in [4.78, 5) is 26.7. The van der Waals surface area contributed by atoms with Crippen LogP contribution in [0.5, 0.6) is 0 Å². The highest BCUT2D eigenvalue weighted by atomic mass is 16.4. The molecule has 1 aliphatic heterocycles. The van der Waals surface area contributed by atoms with Crippen LogP contribution in [0.1, 0.15) is 33.1 Å². The van der Waals surface area contributed by atoms with Gasteiger partial charge < -0.3 is 20.0 Å². The topological polar surface area (TPSA) is 81.1 Å². The summed E-state index contributed by atoms with van der Waals surface area (Å²) in [5, 5.41) is 18.1. The Kier molecular flexibility index (Phi) is 6.08. The summed E-state index contributed by atoms with van der Waals surface area (Å²) < 4.78 is 0. The lowest BCUT2D eigenvalue weighted by molar-refractivity contribution is -0.144. The predicted octanol–water partition coefficient (Wildman–Crippen LogP) is 0.996. The van der Waals surface area contributed by atoms with E-state index in [0.29, 0.717) is 38.4 Å². The van der Waals surface area contributed by atoms with Gasteiger partial charge in [-0.25, -0.2) is 9.59 Å². The Labute approximate surface area is 114 Å². The first-order valence-corrected chi connectivity index (χ1v) is 6.90. The van der Waals surface area contributed by atoms with Crippen LogP contribution in [-0.2, 0) is 4.79 Å². The minimum atomic E-state index is -0.932. The van der Waals surface area contributed by atoms with Gasteiger partial charge in [0.2, 0.25) is 0 Å². The first-order valence-electron chi connectivity index (χ1n) is 6.90. The van der Waals surface area contributed by atoms with E-state index in [1.54, 1.807) is 4.90 Å². The summed E-state index contributed by atoms with van der Waals surface area (Å²) in [7, 11) is 0. The van der Waals surface area contributed by atoms with Crippen LogP contribution in [0.2, 0.25) is 0 Å². The van der Waals surface area contributed by atoms with Crippen LogP contribution in [0.25, 0.3) is 0 Å². The normalized spacial score (nSPS) is 23.2. The molecule has 0 radical (unpaired) electrons. The largest absolute Gasteiger partial charge is 0.480 e. The number of aliphatic carboxylic acids is 1. The van der Waals surface area contributed by atoms with Crippen molar-refractivity contribution in [3.63, 3.8) is 0 Å². The summed E-state index contributed by atoms with van der Waals surface area (Å²) in [5.74, 6) is -0.601. The summed E-state index contributed by atoms with van der Waals surface area (Å²) in [6.07, 6.45) is 1.87. The fourth-order valence-electron chi connectivity index (χ4n) is 2.44. The molecular weight excluding hydrogens is 248 g/mol. The first kappa shape index (κ1) is 15.8. The fraction of sp³-hybridized carbons (Fsp3) is 0.846. The summed E-state index contributed by atoms with van der Waals surface area (Å²) in [6, 6.07) is -0.949. The van der Waals surface area contributed by atoms with Gasteiger partial charge >= 0.3 is 12.0 Å². The lowest BCUT2D eigenvalue weighted by Gasteiger charge is -2.38. The second-order valence-corrected chi connectivity index (χ2v) is 5.12. The molecule has 2 unspecified atom stereocenters. The molecular formula is C13H24N2O4. The van der Waals surface area contributed by atoms with Gasteiger partial charge in [0, 0.05) is 26.2 Å². The number of carboxylic acid groups (broad SMARTS) is 1. The van der Waals surface area contributed by atoms with Gasteiger partial charge in [-0.05, 0) is 32.1 Å². The second-order valence-electron chi connectivity index (χ2n) is 5.12. The number of nitrogens with zero attached hydrogens (tertiary/aromatic N) is 2. The van der Waals surface area contributed by atoms with Crippen molar-refractivity contribution in [3.8, 4) is 0 Å². The summed E-state index contributed by atoms with van der Waals surface area (Å²) in [5.41, 5.74) is 0. The molecule has 0 aliphatic carbocycles. The third-order valence-electron chi connectivity index (χ3n) is 3.63. The van der Waals surface area contributed by atoms with Crippen LogP contribution in [0, 0.1) is 5.92 Å². The number of piperidine rings is 1. The van der Waals surface area contributed by atoms with Crippen LogP contribution in [0.15, 0.2) is 0 Å². The van der Waals surface area contributed by atoms with E-state index in [4.69, 9.17) is 5.11 Å². The molecule has 0 aromatic heterocycles. The number of aliphatic hydroxyl groups is 1. The van der Waals surface area contributed by atoms with Crippen molar-refractivity contribution in [1.82, 2.24) is 9.80 Å². The maximum atomic E-state index is 12.4. The van der Waals surface area contributed by atoms with Gasteiger partial charge in [-0.3, -0.25) is 0 Å². The van der Waals surface area contributed by atoms with Crippen LogP contribution in [-0.4, -0.2) is 64.3 Å². The average molecular weight is 272 g/mol. The Bertz CT molecular complexity index is 322. The quantitative estimate of drug-likeness (QED) is 0.782. The SMILES string of the molecule is CCN(CCCO)C(=O)N1CCC(C)CC1C(=O)O. The Morgan fingerprint density at radius 3 is 2.63 bits per heavy atom. The van der Waals surface area contributed by atoms with E-state index in [1.165, 1.54) is 4.90 Å². The molecule has 0 aromatic rings. The molecule has 2 N–H and O–H groups in total. The maximum absolute atomic E-state index is 12.4. The molecule has 110 valence electrons. The number of hydrogen-bond acceptors (Lipinski definition) is 3. The molecule has 1 heterocycles. The lowest BCUT2D eigenvalue weighted by Crippen LogP contribution is -2.54. The molecule has 0 spiro atoms. The number of carboxylic acids is 1. The number of carbonyl (C=O) groups is 2. The molecule has 6 heteroatoms. The fourth-order valence-corrected chi connectivity index (χ4v) is 2.44. The highest BCUT2D eigenvalue weighted by molar-refractivity contribution is 5.83. The van der Waals surface area contributed by atoms with Crippen molar-refractivity contribution in [2.45, 2.75) is 39.2 Å². The van der Waals surface area contributed by atoms with Gasteiger partial charge in [0.25, 0.3) is 0 Å². The van der Waals surface area contributed by atoms with Gasteiger partial charge in [0.15, 0.2) is 0 Å². The number of amides is 2. The van der Waals surface area contributed by atoms with Crippen molar-refractivity contribution in [2.75, 3.05) is 26.2 Å². The third kappa shape index (κ3) is 4.09. The van der Waals surface area contributed by atoms with E-state index in [9.17, 15) is 14.7 Å². The van der Waals surface area contributed by atoms with Crippen LogP contribution in [0.3, 0.4) is 0 Å².